The van der Waals surface area contributed by atoms with Gasteiger partial charge in [-0.25, -0.2) is 0 Å². The lowest BCUT2D eigenvalue weighted by molar-refractivity contribution is -0.125. The summed E-state index contributed by atoms with van der Waals surface area (Å²) in [7, 11) is 1.65. The Labute approximate surface area is 121 Å². The maximum atomic E-state index is 12.2. The molecule has 0 spiro atoms. The van der Waals surface area contributed by atoms with Crippen LogP contribution in [0.3, 0.4) is 0 Å². The maximum absolute atomic E-state index is 12.2. The molecule has 0 radical (unpaired) electrons. The summed E-state index contributed by atoms with van der Waals surface area (Å²) in [5.41, 5.74) is 1.03. The van der Waals surface area contributed by atoms with Crippen LogP contribution in [0.4, 0.5) is 0 Å². The van der Waals surface area contributed by atoms with Crippen molar-refractivity contribution >= 4 is 5.91 Å². The van der Waals surface area contributed by atoms with E-state index in [4.69, 9.17) is 4.74 Å². The summed E-state index contributed by atoms with van der Waals surface area (Å²) in [5.74, 6) is 0.849. The third-order valence-corrected chi connectivity index (χ3v) is 3.39. The van der Waals surface area contributed by atoms with E-state index in [2.05, 4.69) is 17.6 Å². The van der Waals surface area contributed by atoms with Crippen molar-refractivity contribution in [2.24, 2.45) is 5.92 Å². The van der Waals surface area contributed by atoms with E-state index in [0.717, 1.165) is 24.3 Å². The number of methoxy groups -OCH3 is 1. The van der Waals surface area contributed by atoms with Crippen molar-refractivity contribution in [3.8, 4) is 5.75 Å². The van der Waals surface area contributed by atoms with Crippen LogP contribution >= 0.6 is 0 Å². The van der Waals surface area contributed by atoms with Gasteiger partial charge >= 0.3 is 0 Å². The first kappa shape index (κ1) is 16.5. The number of hydrogen-bond donors (Lipinski definition) is 2. The number of carbonyl (C=O) groups is 1. The minimum absolute atomic E-state index is 0.0114. The molecule has 4 heteroatoms. The Balaban J connectivity index is 2.74. The fourth-order valence-electron chi connectivity index (χ4n) is 2.12. The molecular formula is C16H26N2O2. The summed E-state index contributed by atoms with van der Waals surface area (Å²) < 4.78 is 5.37. The second-order valence-corrected chi connectivity index (χ2v) is 4.92. The standard InChI is InChI=1S/C16H26N2O2/c1-5-14(13-9-7-8-10-15(13)20-4)18-16(19)12(3)11-17-6-2/h7-10,12,14,17H,5-6,11H2,1-4H3,(H,18,19). The van der Waals surface area contributed by atoms with Gasteiger partial charge < -0.3 is 15.4 Å². The fourth-order valence-corrected chi connectivity index (χ4v) is 2.12. The number of hydrogen-bond acceptors (Lipinski definition) is 3. The first-order valence-electron chi connectivity index (χ1n) is 7.28. The molecule has 0 saturated heterocycles. The zero-order valence-electron chi connectivity index (χ0n) is 12.9. The van der Waals surface area contributed by atoms with Gasteiger partial charge in [-0.2, -0.15) is 0 Å². The lowest BCUT2D eigenvalue weighted by atomic mass is 10.0. The molecule has 1 rings (SSSR count). The zero-order chi connectivity index (χ0) is 15.0. The first-order chi connectivity index (χ1) is 9.63. The lowest BCUT2D eigenvalue weighted by Gasteiger charge is -2.22. The molecule has 0 aliphatic heterocycles. The van der Waals surface area contributed by atoms with Gasteiger partial charge in [0.15, 0.2) is 0 Å². The highest BCUT2D eigenvalue weighted by Crippen LogP contribution is 2.26. The highest BCUT2D eigenvalue weighted by Gasteiger charge is 2.19. The summed E-state index contributed by atoms with van der Waals surface area (Å²) in [6.45, 7) is 7.61. The average Bonchev–Trinajstić information content (AvgIpc) is 2.49. The molecule has 112 valence electrons. The predicted molar refractivity (Wildman–Crippen MR) is 81.9 cm³/mol. The van der Waals surface area contributed by atoms with Crippen LogP contribution in [0.2, 0.25) is 0 Å². The first-order valence-corrected chi connectivity index (χ1v) is 7.28. The van der Waals surface area contributed by atoms with Crippen LogP contribution in [0, 0.1) is 5.92 Å². The fraction of sp³-hybridized carbons (Fsp3) is 0.562. The van der Waals surface area contributed by atoms with Crippen molar-refractivity contribution in [3.05, 3.63) is 29.8 Å². The number of benzene rings is 1. The molecule has 0 aliphatic rings. The van der Waals surface area contributed by atoms with Gasteiger partial charge in [0.05, 0.1) is 13.2 Å². The molecule has 2 unspecified atom stereocenters. The molecule has 20 heavy (non-hydrogen) atoms. The molecule has 0 fully saturated rings. The molecule has 1 amide bonds. The van der Waals surface area contributed by atoms with Gasteiger partial charge in [0.25, 0.3) is 0 Å². The topological polar surface area (TPSA) is 50.4 Å². The van der Waals surface area contributed by atoms with E-state index in [1.54, 1.807) is 7.11 Å². The van der Waals surface area contributed by atoms with Crippen molar-refractivity contribution < 1.29 is 9.53 Å². The largest absolute Gasteiger partial charge is 0.496 e. The second-order valence-electron chi connectivity index (χ2n) is 4.92. The van der Waals surface area contributed by atoms with E-state index in [0.29, 0.717) is 6.54 Å². The van der Waals surface area contributed by atoms with E-state index in [1.165, 1.54) is 0 Å². The quantitative estimate of drug-likeness (QED) is 0.768. The molecule has 2 atom stereocenters. The molecule has 1 aromatic carbocycles. The molecular weight excluding hydrogens is 252 g/mol. The summed E-state index contributed by atoms with van der Waals surface area (Å²) in [6.07, 6.45) is 0.833. The summed E-state index contributed by atoms with van der Waals surface area (Å²) in [5, 5.41) is 6.30. The van der Waals surface area contributed by atoms with Crippen LogP contribution in [-0.2, 0) is 4.79 Å². The van der Waals surface area contributed by atoms with Gasteiger partial charge in [0, 0.05) is 18.0 Å². The Morgan fingerprint density at radius 3 is 2.60 bits per heavy atom. The SMILES string of the molecule is CCNCC(C)C(=O)NC(CC)c1ccccc1OC. The lowest BCUT2D eigenvalue weighted by Crippen LogP contribution is -2.37. The summed E-state index contributed by atoms with van der Waals surface area (Å²) in [4.78, 5) is 12.2. The third kappa shape index (κ3) is 4.53. The molecule has 0 heterocycles. The van der Waals surface area contributed by atoms with Gasteiger partial charge in [-0.1, -0.05) is 39.0 Å². The highest BCUT2D eigenvalue weighted by molar-refractivity contribution is 5.79. The molecule has 0 aromatic heterocycles. The normalized spacial score (nSPS) is 13.6. The minimum Gasteiger partial charge on any atom is -0.496 e. The highest BCUT2D eigenvalue weighted by atomic mass is 16.5. The Hall–Kier alpha value is -1.55. The van der Waals surface area contributed by atoms with Crippen molar-refractivity contribution in [3.63, 3.8) is 0 Å². The number of rotatable bonds is 8. The van der Waals surface area contributed by atoms with Crippen LogP contribution in [0.1, 0.15) is 38.8 Å². The molecule has 0 bridgehead atoms. The maximum Gasteiger partial charge on any atom is 0.224 e. The van der Waals surface area contributed by atoms with E-state index < -0.39 is 0 Å². The van der Waals surface area contributed by atoms with Gasteiger partial charge in [-0.05, 0) is 19.0 Å². The van der Waals surface area contributed by atoms with E-state index in [-0.39, 0.29) is 17.9 Å². The van der Waals surface area contributed by atoms with E-state index >= 15 is 0 Å². The Kier molecular flexibility index (Phi) is 7.09. The Morgan fingerprint density at radius 1 is 1.30 bits per heavy atom. The minimum atomic E-state index is -0.0429. The summed E-state index contributed by atoms with van der Waals surface area (Å²) in [6, 6.07) is 7.82. The van der Waals surface area contributed by atoms with Crippen LogP contribution in [0.25, 0.3) is 0 Å². The predicted octanol–water partition coefficient (Wildman–Crippen LogP) is 2.51. The van der Waals surface area contributed by atoms with Crippen molar-refractivity contribution in [1.82, 2.24) is 10.6 Å². The van der Waals surface area contributed by atoms with Crippen LogP contribution in [-0.4, -0.2) is 26.1 Å². The van der Waals surface area contributed by atoms with Gasteiger partial charge in [-0.3, -0.25) is 4.79 Å². The smallest absolute Gasteiger partial charge is 0.224 e. The van der Waals surface area contributed by atoms with Gasteiger partial charge in [0.2, 0.25) is 5.91 Å². The van der Waals surface area contributed by atoms with Crippen LogP contribution < -0.4 is 15.4 Å². The van der Waals surface area contributed by atoms with Crippen molar-refractivity contribution in [1.29, 1.82) is 0 Å². The molecule has 4 nitrogen and oxygen atoms in total. The summed E-state index contributed by atoms with van der Waals surface area (Å²) >= 11 is 0. The molecule has 1 aromatic rings. The van der Waals surface area contributed by atoms with Gasteiger partial charge in [-0.15, -0.1) is 0 Å². The number of ether oxygens (including phenoxy) is 1. The molecule has 2 N–H and O–H groups in total. The zero-order valence-corrected chi connectivity index (χ0v) is 12.9. The molecule has 0 aliphatic carbocycles. The monoisotopic (exact) mass is 278 g/mol. The van der Waals surface area contributed by atoms with Crippen molar-refractivity contribution in [2.75, 3.05) is 20.2 Å². The molecule has 0 saturated carbocycles. The Morgan fingerprint density at radius 2 is 2.00 bits per heavy atom. The second kappa shape index (κ2) is 8.59. The third-order valence-electron chi connectivity index (χ3n) is 3.39. The van der Waals surface area contributed by atoms with Gasteiger partial charge in [0.1, 0.15) is 5.75 Å². The number of para-hydroxylation sites is 1. The van der Waals surface area contributed by atoms with Crippen LogP contribution in [0.15, 0.2) is 24.3 Å². The number of carbonyl (C=O) groups excluding carboxylic acids is 1. The number of amides is 1. The Bertz CT molecular complexity index is 421. The van der Waals surface area contributed by atoms with E-state index in [1.807, 2.05) is 38.1 Å². The van der Waals surface area contributed by atoms with Crippen LogP contribution in [0.5, 0.6) is 5.75 Å². The average molecular weight is 278 g/mol. The van der Waals surface area contributed by atoms with Crippen molar-refractivity contribution in [2.45, 2.75) is 33.2 Å². The number of nitrogens with one attached hydrogen (secondary N) is 2. The van der Waals surface area contributed by atoms with E-state index in [9.17, 15) is 4.79 Å².